The van der Waals surface area contributed by atoms with Crippen LogP contribution in [-0.4, -0.2) is 55.0 Å². The summed E-state index contributed by atoms with van der Waals surface area (Å²) in [7, 11) is 1.99. The summed E-state index contributed by atoms with van der Waals surface area (Å²) in [6, 6.07) is 10.9. The Hall–Kier alpha value is -1.39. The van der Waals surface area contributed by atoms with Crippen LogP contribution in [0.5, 0.6) is 0 Å². The number of carbonyl (C=O) groups excluding carboxylic acids is 1. The molecular formula is C18H27N3O. The number of likely N-dealkylation sites (tertiary alicyclic amines) is 1. The number of nitrogens with one attached hydrogen (secondary N) is 1. The Kier molecular flexibility index (Phi) is 4.79. The molecule has 0 aromatic heterocycles. The van der Waals surface area contributed by atoms with Crippen LogP contribution in [0, 0.1) is 11.8 Å². The zero-order valence-electron chi connectivity index (χ0n) is 13.7. The highest BCUT2D eigenvalue weighted by molar-refractivity contribution is 5.79. The molecule has 2 aliphatic heterocycles. The van der Waals surface area contributed by atoms with Gasteiger partial charge in [0.25, 0.3) is 0 Å². The second-order valence-corrected chi connectivity index (χ2v) is 6.85. The highest BCUT2D eigenvalue weighted by atomic mass is 16.2. The van der Waals surface area contributed by atoms with E-state index < -0.39 is 0 Å². The lowest BCUT2D eigenvalue weighted by molar-refractivity contribution is -0.136. The van der Waals surface area contributed by atoms with Crippen LogP contribution in [0.2, 0.25) is 0 Å². The third-order valence-electron chi connectivity index (χ3n) is 5.23. The van der Waals surface area contributed by atoms with Crippen molar-refractivity contribution in [1.82, 2.24) is 15.1 Å². The summed E-state index contributed by atoms with van der Waals surface area (Å²) < 4.78 is 0. The third kappa shape index (κ3) is 3.33. The molecule has 1 unspecified atom stereocenters. The Morgan fingerprint density at radius 1 is 1.32 bits per heavy atom. The smallest absolute Gasteiger partial charge is 0.227 e. The van der Waals surface area contributed by atoms with Crippen molar-refractivity contribution < 1.29 is 4.79 Å². The van der Waals surface area contributed by atoms with Gasteiger partial charge in [0.15, 0.2) is 0 Å². The van der Waals surface area contributed by atoms with Crippen molar-refractivity contribution in [2.24, 2.45) is 11.8 Å². The van der Waals surface area contributed by atoms with Gasteiger partial charge in [-0.25, -0.2) is 0 Å². The molecule has 2 heterocycles. The van der Waals surface area contributed by atoms with Crippen LogP contribution in [-0.2, 0) is 11.3 Å². The van der Waals surface area contributed by atoms with Crippen LogP contribution >= 0.6 is 0 Å². The van der Waals surface area contributed by atoms with E-state index >= 15 is 0 Å². The van der Waals surface area contributed by atoms with Gasteiger partial charge in [-0.05, 0) is 24.4 Å². The molecule has 4 heteroatoms. The van der Waals surface area contributed by atoms with Crippen molar-refractivity contribution in [3.8, 4) is 0 Å². The molecule has 2 aliphatic rings. The molecule has 0 aliphatic carbocycles. The van der Waals surface area contributed by atoms with Crippen molar-refractivity contribution in [3.63, 3.8) is 0 Å². The number of benzene rings is 1. The van der Waals surface area contributed by atoms with Crippen LogP contribution in [0.3, 0.4) is 0 Å². The Balaban J connectivity index is 1.54. The molecule has 120 valence electrons. The molecule has 0 saturated carbocycles. The van der Waals surface area contributed by atoms with Gasteiger partial charge in [0.05, 0.1) is 5.92 Å². The first-order valence-electron chi connectivity index (χ1n) is 8.39. The van der Waals surface area contributed by atoms with Crippen molar-refractivity contribution in [1.29, 1.82) is 0 Å². The van der Waals surface area contributed by atoms with Crippen molar-refractivity contribution >= 4 is 5.91 Å². The number of likely N-dealkylation sites (N-methyl/N-ethyl adjacent to an activating group) is 1. The predicted molar refractivity (Wildman–Crippen MR) is 88.4 cm³/mol. The van der Waals surface area contributed by atoms with Crippen molar-refractivity contribution in [3.05, 3.63) is 35.9 Å². The number of carbonyl (C=O) groups is 1. The van der Waals surface area contributed by atoms with E-state index in [0.717, 1.165) is 39.1 Å². The normalized spacial score (nSPS) is 28.9. The van der Waals surface area contributed by atoms with Crippen molar-refractivity contribution in [2.75, 3.05) is 33.2 Å². The summed E-state index contributed by atoms with van der Waals surface area (Å²) in [5, 5.41) is 3.33. The van der Waals surface area contributed by atoms with Crippen LogP contribution in [0.15, 0.2) is 30.3 Å². The maximum Gasteiger partial charge on any atom is 0.227 e. The molecule has 3 atom stereocenters. The van der Waals surface area contributed by atoms with Gasteiger partial charge in [0.2, 0.25) is 5.91 Å². The number of nitrogens with zero attached hydrogens (tertiary/aromatic N) is 2. The quantitative estimate of drug-likeness (QED) is 0.917. The average Bonchev–Trinajstić information content (AvgIpc) is 3.16. The fraction of sp³-hybridized carbons (Fsp3) is 0.611. The fourth-order valence-electron chi connectivity index (χ4n) is 3.70. The van der Waals surface area contributed by atoms with E-state index in [-0.39, 0.29) is 5.92 Å². The van der Waals surface area contributed by atoms with Crippen LogP contribution in [0.25, 0.3) is 0 Å². The SMILES string of the molecule is C[C@@H]1CNC[C@H]1C(=O)N(C)C1CCN(Cc2ccccc2)C1. The van der Waals surface area contributed by atoms with E-state index in [9.17, 15) is 4.79 Å². The van der Waals surface area contributed by atoms with E-state index in [0.29, 0.717) is 17.9 Å². The number of amides is 1. The van der Waals surface area contributed by atoms with Gasteiger partial charge in [-0.3, -0.25) is 9.69 Å². The molecule has 0 radical (unpaired) electrons. The molecule has 2 saturated heterocycles. The van der Waals surface area contributed by atoms with E-state index in [1.54, 1.807) is 0 Å². The molecular weight excluding hydrogens is 274 g/mol. The van der Waals surface area contributed by atoms with Gasteiger partial charge < -0.3 is 10.2 Å². The molecule has 22 heavy (non-hydrogen) atoms. The van der Waals surface area contributed by atoms with Gasteiger partial charge in [-0.2, -0.15) is 0 Å². The summed E-state index contributed by atoms with van der Waals surface area (Å²) in [6.07, 6.45) is 1.09. The maximum absolute atomic E-state index is 12.7. The number of hydrogen-bond donors (Lipinski definition) is 1. The molecule has 0 bridgehead atoms. The maximum atomic E-state index is 12.7. The standard InChI is InChI=1S/C18H27N3O/c1-14-10-19-11-17(14)18(22)20(2)16-8-9-21(13-16)12-15-6-4-3-5-7-15/h3-7,14,16-17,19H,8-13H2,1-2H3/t14-,16?,17-/m1/s1. The first-order valence-corrected chi connectivity index (χ1v) is 8.39. The van der Waals surface area contributed by atoms with Gasteiger partial charge in [-0.15, -0.1) is 0 Å². The van der Waals surface area contributed by atoms with Gasteiger partial charge >= 0.3 is 0 Å². The molecule has 1 aromatic carbocycles. The molecule has 2 fully saturated rings. The fourth-order valence-corrected chi connectivity index (χ4v) is 3.70. The Bertz CT molecular complexity index is 504. The summed E-state index contributed by atoms with van der Waals surface area (Å²) in [6.45, 7) is 7.04. The summed E-state index contributed by atoms with van der Waals surface area (Å²) in [5.41, 5.74) is 1.35. The van der Waals surface area contributed by atoms with Crippen LogP contribution in [0.4, 0.5) is 0 Å². The van der Waals surface area contributed by atoms with Gasteiger partial charge in [-0.1, -0.05) is 37.3 Å². The summed E-state index contributed by atoms with van der Waals surface area (Å²) in [5.74, 6) is 0.939. The second kappa shape index (κ2) is 6.80. The van der Waals surface area contributed by atoms with Crippen molar-refractivity contribution in [2.45, 2.75) is 25.9 Å². The number of hydrogen-bond acceptors (Lipinski definition) is 3. The molecule has 1 amide bonds. The third-order valence-corrected chi connectivity index (χ3v) is 5.23. The van der Waals surface area contributed by atoms with Gasteiger partial charge in [0, 0.05) is 39.3 Å². The lowest BCUT2D eigenvalue weighted by Crippen LogP contribution is -2.43. The highest BCUT2D eigenvalue weighted by Gasteiger charge is 2.35. The molecule has 1 N–H and O–H groups in total. The Morgan fingerprint density at radius 2 is 2.09 bits per heavy atom. The largest absolute Gasteiger partial charge is 0.341 e. The monoisotopic (exact) mass is 301 g/mol. The summed E-state index contributed by atoms with van der Waals surface area (Å²) in [4.78, 5) is 17.1. The summed E-state index contributed by atoms with van der Waals surface area (Å²) >= 11 is 0. The predicted octanol–water partition coefficient (Wildman–Crippen LogP) is 1.57. The average molecular weight is 301 g/mol. The lowest BCUT2D eigenvalue weighted by Gasteiger charge is -2.28. The van der Waals surface area contributed by atoms with Gasteiger partial charge in [0.1, 0.15) is 0 Å². The van der Waals surface area contributed by atoms with E-state index in [4.69, 9.17) is 0 Å². The Morgan fingerprint density at radius 3 is 2.77 bits per heavy atom. The number of rotatable bonds is 4. The first-order chi connectivity index (χ1) is 10.6. The van der Waals surface area contributed by atoms with E-state index in [2.05, 4.69) is 47.5 Å². The van der Waals surface area contributed by atoms with Crippen LogP contribution < -0.4 is 5.32 Å². The first kappa shape index (κ1) is 15.5. The molecule has 3 rings (SSSR count). The Labute approximate surface area is 133 Å². The zero-order chi connectivity index (χ0) is 15.5. The topological polar surface area (TPSA) is 35.6 Å². The highest BCUT2D eigenvalue weighted by Crippen LogP contribution is 2.23. The second-order valence-electron chi connectivity index (χ2n) is 6.85. The molecule has 0 spiro atoms. The lowest BCUT2D eigenvalue weighted by atomic mass is 9.96. The minimum absolute atomic E-state index is 0.160. The minimum Gasteiger partial charge on any atom is -0.341 e. The van der Waals surface area contributed by atoms with E-state index in [1.807, 2.05) is 11.9 Å². The molecule has 4 nitrogen and oxygen atoms in total. The minimum atomic E-state index is 0.160. The zero-order valence-corrected chi connectivity index (χ0v) is 13.7. The van der Waals surface area contributed by atoms with Crippen LogP contribution in [0.1, 0.15) is 18.9 Å². The molecule has 1 aromatic rings. The van der Waals surface area contributed by atoms with E-state index in [1.165, 1.54) is 5.56 Å².